The van der Waals surface area contributed by atoms with Gasteiger partial charge in [-0.3, -0.25) is 14.6 Å². The van der Waals surface area contributed by atoms with E-state index in [0.717, 1.165) is 38.9 Å². The van der Waals surface area contributed by atoms with Crippen molar-refractivity contribution < 1.29 is 9.18 Å². The van der Waals surface area contributed by atoms with Crippen molar-refractivity contribution in [2.24, 2.45) is 0 Å². The van der Waals surface area contributed by atoms with Gasteiger partial charge in [0.25, 0.3) is 0 Å². The van der Waals surface area contributed by atoms with Crippen molar-refractivity contribution in [3.63, 3.8) is 0 Å². The Morgan fingerprint density at radius 2 is 1.96 bits per heavy atom. The van der Waals surface area contributed by atoms with Gasteiger partial charge in [-0.1, -0.05) is 24.3 Å². The number of halogens is 1. The SMILES string of the molecule is CN1CCc2ccccc2C12CCN(CC(=O)N1CC[C@@H](F)C1)CC2. The summed E-state index contributed by atoms with van der Waals surface area (Å²) in [5.41, 5.74) is 3.08. The van der Waals surface area contributed by atoms with Crippen LogP contribution in [0.5, 0.6) is 0 Å². The van der Waals surface area contributed by atoms with Crippen LogP contribution in [0.2, 0.25) is 0 Å². The van der Waals surface area contributed by atoms with E-state index >= 15 is 0 Å². The van der Waals surface area contributed by atoms with Crippen molar-refractivity contribution in [1.82, 2.24) is 14.7 Å². The summed E-state index contributed by atoms with van der Waals surface area (Å²) in [5.74, 6) is 0.0912. The molecule has 136 valence electrons. The van der Waals surface area contributed by atoms with E-state index in [0.29, 0.717) is 19.5 Å². The normalized spacial score (nSPS) is 26.8. The van der Waals surface area contributed by atoms with Gasteiger partial charge < -0.3 is 4.90 Å². The molecule has 5 heteroatoms. The van der Waals surface area contributed by atoms with Gasteiger partial charge in [0.2, 0.25) is 5.91 Å². The number of rotatable bonds is 2. The Labute approximate surface area is 149 Å². The Hall–Kier alpha value is -1.46. The number of hydrogen-bond acceptors (Lipinski definition) is 3. The number of alkyl halides is 1. The average Bonchev–Trinajstić information content (AvgIpc) is 3.07. The molecule has 1 amide bonds. The summed E-state index contributed by atoms with van der Waals surface area (Å²) in [6.45, 7) is 4.25. The fourth-order valence-corrected chi connectivity index (χ4v) is 4.87. The topological polar surface area (TPSA) is 26.8 Å². The number of amides is 1. The molecule has 1 aromatic carbocycles. The molecule has 0 aromatic heterocycles. The molecule has 4 nitrogen and oxygen atoms in total. The second kappa shape index (κ2) is 6.69. The lowest BCUT2D eigenvalue weighted by molar-refractivity contribution is -0.132. The first-order valence-electron chi connectivity index (χ1n) is 9.52. The van der Waals surface area contributed by atoms with E-state index in [9.17, 15) is 9.18 Å². The molecule has 3 aliphatic rings. The first-order chi connectivity index (χ1) is 12.1. The smallest absolute Gasteiger partial charge is 0.236 e. The fourth-order valence-electron chi connectivity index (χ4n) is 4.87. The molecular weight excluding hydrogens is 317 g/mol. The number of nitrogens with zero attached hydrogens (tertiary/aromatic N) is 3. The van der Waals surface area contributed by atoms with Crippen LogP contribution in [-0.4, -0.2) is 73.1 Å². The van der Waals surface area contributed by atoms with Gasteiger partial charge in [-0.05, 0) is 43.9 Å². The van der Waals surface area contributed by atoms with Crippen LogP contribution in [0.4, 0.5) is 4.39 Å². The molecule has 0 bridgehead atoms. The molecule has 3 aliphatic heterocycles. The van der Waals surface area contributed by atoms with E-state index in [4.69, 9.17) is 0 Å². The number of carbonyl (C=O) groups is 1. The minimum Gasteiger partial charge on any atom is -0.339 e. The third kappa shape index (κ3) is 3.08. The number of carbonyl (C=O) groups excluding carboxylic acids is 1. The van der Waals surface area contributed by atoms with Crippen molar-refractivity contribution in [2.45, 2.75) is 37.4 Å². The summed E-state index contributed by atoms with van der Waals surface area (Å²) in [4.78, 5) is 18.9. The monoisotopic (exact) mass is 345 g/mol. The van der Waals surface area contributed by atoms with E-state index in [-0.39, 0.29) is 18.0 Å². The van der Waals surface area contributed by atoms with Crippen LogP contribution in [0, 0.1) is 0 Å². The number of likely N-dealkylation sites (tertiary alicyclic amines) is 2. The molecule has 2 saturated heterocycles. The minimum atomic E-state index is -0.832. The molecule has 25 heavy (non-hydrogen) atoms. The van der Waals surface area contributed by atoms with E-state index in [2.05, 4.69) is 41.1 Å². The Morgan fingerprint density at radius 3 is 2.68 bits per heavy atom. The van der Waals surface area contributed by atoms with Gasteiger partial charge in [-0.25, -0.2) is 4.39 Å². The van der Waals surface area contributed by atoms with Crippen LogP contribution >= 0.6 is 0 Å². The zero-order chi connectivity index (χ0) is 17.4. The number of piperidine rings is 1. The van der Waals surface area contributed by atoms with E-state index < -0.39 is 6.17 Å². The molecule has 0 radical (unpaired) electrons. The Balaban J connectivity index is 1.42. The van der Waals surface area contributed by atoms with Gasteiger partial charge in [0.15, 0.2) is 0 Å². The first-order valence-corrected chi connectivity index (χ1v) is 9.52. The molecule has 0 N–H and O–H groups in total. The van der Waals surface area contributed by atoms with Gasteiger partial charge in [-0.15, -0.1) is 0 Å². The number of benzene rings is 1. The second-order valence-electron chi connectivity index (χ2n) is 7.86. The number of hydrogen-bond donors (Lipinski definition) is 0. The molecule has 3 heterocycles. The van der Waals surface area contributed by atoms with E-state index in [1.165, 1.54) is 11.1 Å². The zero-order valence-electron chi connectivity index (χ0n) is 15.1. The van der Waals surface area contributed by atoms with E-state index in [1.807, 2.05) is 0 Å². The fraction of sp³-hybridized carbons (Fsp3) is 0.650. The minimum absolute atomic E-state index is 0.0912. The molecule has 0 unspecified atom stereocenters. The van der Waals surface area contributed by atoms with Crippen molar-refractivity contribution in [1.29, 1.82) is 0 Å². The van der Waals surface area contributed by atoms with Crippen molar-refractivity contribution in [3.8, 4) is 0 Å². The van der Waals surface area contributed by atoms with Gasteiger partial charge in [-0.2, -0.15) is 0 Å². The Morgan fingerprint density at radius 1 is 1.20 bits per heavy atom. The van der Waals surface area contributed by atoms with Crippen molar-refractivity contribution in [2.75, 3.05) is 46.3 Å². The highest BCUT2D eigenvalue weighted by Gasteiger charge is 2.43. The first kappa shape index (κ1) is 17.0. The number of likely N-dealkylation sites (N-methyl/N-ethyl adjacent to an activating group) is 1. The lowest BCUT2D eigenvalue weighted by Gasteiger charge is -2.51. The van der Waals surface area contributed by atoms with Gasteiger partial charge in [0.1, 0.15) is 6.17 Å². The molecule has 1 atom stereocenters. The predicted molar refractivity (Wildman–Crippen MR) is 96.2 cm³/mol. The maximum absolute atomic E-state index is 13.3. The summed E-state index contributed by atoms with van der Waals surface area (Å²) in [5, 5.41) is 0. The Bertz CT molecular complexity index is 642. The molecular formula is C20H28FN3O. The average molecular weight is 345 g/mol. The highest BCUT2D eigenvalue weighted by molar-refractivity contribution is 5.78. The van der Waals surface area contributed by atoms with Crippen molar-refractivity contribution in [3.05, 3.63) is 35.4 Å². The van der Waals surface area contributed by atoms with E-state index in [1.54, 1.807) is 4.90 Å². The summed E-state index contributed by atoms with van der Waals surface area (Å²) in [7, 11) is 2.24. The summed E-state index contributed by atoms with van der Waals surface area (Å²) >= 11 is 0. The van der Waals surface area contributed by atoms with Crippen LogP contribution in [-0.2, 0) is 16.8 Å². The largest absolute Gasteiger partial charge is 0.339 e. The van der Waals surface area contributed by atoms with Crippen LogP contribution in [0.3, 0.4) is 0 Å². The van der Waals surface area contributed by atoms with Gasteiger partial charge in [0, 0.05) is 31.7 Å². The van der Waals surface area contributed by atoms with Crippen molar-refractivity contribution >= 4 is 5.91 Å². The van der Waals surface area contributed by atoms with Crippen LogP contribution in [0.1, 0.15) is 30.4 Å². The lowest BCUT2D eigenvalue weighted by atomic mass is 9.74. The highest BCUT2D eigenvalue weighted by Crippen LogP contribution is 2.42. The van der Waals surface area contributed by atoms with Gasteiger partial charge in [0.05, 0.1) is 13.1 Å². The zero-order valence-corrected chi connectivity index (χ0v) is 15.1. The quantitative estimate of drug-likeness (QED) is 0.821. The maximum atomic E-state index is 13.3. The van der Waals surface area contributed by atoms with Crippen LogP contribution in [0.25, 0.3) is 0 Å². The standard InChI is InChI=1S/C20H28FN3O/c1-22-10-6-16-4-2-3-5-18(16)20(22)8-12-23(13-9-20)15-19(25)24-11-7-17(21)14-24/h2-5,17H,6-15H2,1H3/t17-/m1/s1. The Kier molecular flexibility index (Phi) is 4.54. The third-order valence-corrected chi connectivity index (χ3v) is 6.49. The molecule has 2 fully saturated rings. The number of fused-ring (bicyclic) bond motifs is 2. The summed E-state index contributed by atoms with van der Waals surface area (Å²) in [6, 6.07) is 8.84. The van der Waals surface area contributed by atoms with Gasteiger partial charge >= 0.3 is 0 Å². The summed E-state index contributed by atoms with van der Waals surface area (Å²) < 4.78 is 13.3. The second-order valence-corrected chi connectivity index (χ2v) is 7.86. The molecule has 0 saturated carbocycles. The highest BCUT2D eigenvalue weighted by atomic mass is 19.1. The maximum Gasteiger partial charge on any atom is 0.236 e. The molecule has 0 aliphatic carbocycles. The lowest BCUT2D eigenvalue weighted by Crippen LogP contribution is -2.55. The molecule has 1 spiro atoms. The molecule has 4 rings (SSSR count). The summed E-state index contributed by atoms with van der Waals surface area (Å²) in [6.07, 6.45) is 2.90. The van der Waals surface area contributed by atoms with Crippen LogP contribution in [0.15, 0.2) is 24.3 Å². The third-order valence-electron chi connectivity index (χ3n) is 6.49. The van der Waals surface area contributed by atoms with Crippen LogP contribution < -0.4 is 0 Å². The molecule has 1 aromatic rings. The predicted octanol–water partition coefficient (Wildman–Crippen LogP) is 2.04.